The van der Waals surface area contributed by atoms with Crippen LogP contribution >= 0.6 is 24.4 Å². The molecule has 9 N–H and O–H groups in total. The molecule has 4 unspecified atom stereocenters. The van der Waals surface area contributed by atoms with Crippen LogP contribution in [0.25, 0.3) is 0 Å². The van der Waals surface area contributed by atoms with E-state index in [-0.39, 0.29) is 18.6 Å². The zero-order valence-corrected chi connectivity index (χ0v) is 19.7. The van der Waals surface area contributed by atoms with Crippen molar-refractivity contribution in [3.8, 4) is 0 Å². The summed E-state index contributed by atoms with van der Waals surface area (Å²) in [6.07, 6.45) is 4.15. The molecule has 13 nitrogen and oxygen atoms in total. The molecule has 0 aromatic carbocycles. The van der Waals surface area contributed by atoms with Gasteiger partial charge in [0, 0.05) is 24.1 Å². The van der Waals surface area contributed by atoms with Crippen LogP contribution in [0.1, 0.15) is 18.5 Å². The first-order valence-electron chi connectivity index (χ1n) is 9.83. The van der Waals surface area contributed by atoms with Gasteiger partial charge in [0.15, 0.2) is 0 Å². The number of thioether (sulfide) groups is 1. The molecule has 0 saturated heterocycles. The number of carboxylic acids is 1. The van der Waals surface area contributed by atoms with Gasteiger partial charge in [-0.05, 0) is 18.4 Å². The summed E-state index contributed by atoms with van der Waals surface area (Å²) in [7, 11) is 0. The molecule has 0 fully saturated rings. The number of rotatable bonds is 15. The number of amides is 4. The normalized spacial score (nSPS) is 14.4. The Hall–Kier alpha value is -2.78. The lowest BCUT2D eigenvalue weighted by atomic mass is 10.1. The van der Waals surface area contributed by atoms with Gasteiger partial charge in [0.2, 0.25) is 23.6 Å². The van der Waals surface area contributed by atoms with Crippen LogP contribution in [0.5, 0.6) is 0 Å². The van der Waals surface area contributed by atoms with E-state index in [1.807, 2.05) is 0 Å². The number of aromatic amines is 1. The van der Waals surface area contributed by atoms with E-state index in [9.17, 15) is 29.1 Å². The summed E-state index contributed by atoms with van der Waals surface area (Å²) in [5.74, 6) is -4.00. The summed E-state index contributed by atoms with van der Waals surface area (Å²) in [5.41, 5.74) is 11.4. The number of carbonyl (C=O) groups is 5. The van der Waals surface area contributed by atoms with Crippen molar-refractivity contribution in [2.45, 2.75) is 43.4 Å². The van der Waals surface area contributed by atoms with E-state index in [2.05, 4.69) is 38.5 Å². The highest BCUT2D eigenvalue weighted by Gasteiger charge is 2.31. The van der Waals surface area contributed by atoms with Gasteiger partial charge in [0.1, 0.15) is 18.1 Å². The average molecular weight is 504 g/mol. The second-order valence-corrected chi connectivity index (χ2v) is 8.39. The largest absolute Gasteiger partial charge is 0.480 e. The number of aliphatic carboxylic acids is 1. The average Bonchev–Trinajstić information content (AvgIpc) is 3.27. The Labute approximate surface area is 200 Å². The van der Waals surface area contributed by atoms with Crippen molar-refractivity contribution in [1.82, 2.24) is 25.9 Å². The van der Waals surface area contributed by atoms with Crippen LogP contribution in [0.2, 0.25) is 0 Å². The first kappa shape index (κ1) is 28.3. The summed E-state index contributed by atoms with van der Waals surface area (Å²) in [6, 6.07) is -4.83. The standard InChI is InChI=1S/C18H29N7O6S2/c1-33-3-2-11(18(30)31)23-17(29)13(5-14(20)26)25-16(28)12(4-9-6-21-8-22-9)24-15(27)10(19)7-32/h6,8,10-13,32H,2-5,7,19H2,1H3,(H2,20,26)(H,21,22)(H,23,29)(H,24,27)(H,25,28)(H,30,31). The number of primary amides is 1. The maximum Gasteiger partial charge on any atom is 0.326 e. The van der Waals surface area contributed by atoms with Crippen molar-refractivity contribution in [1.29, 1.82) is 0 Å². The number of nitrogens with two attached hydrogens (primary N) is 2. The van der Waals surface area contributed by atoms with Gasteiger partial charge in [-0.25, -0.2) is 9.78 Å². The van der Waals surface area contributed by atoms with E-state index in [0.717, 1.165) is 0 Å². The quantitative estimate of drug-likeness (QED) is 0.117. The molecular weight excluding hydrogens is 474 g/mol. The number of nitrogens with one attached hydrogen (secondary N) is 4. The molecule has 4 atom stereocenters. The number of carbonyl (C=O) groups excluding carboxylic acids is 4. The highest BCUT2D eigenvalue weighted by atomic mass is 32.2. The van der Waals surface area contributed by atoms with Gasteiger partial charge < -0.3 is 37.5 Å². The number of hydrogen-bond donors (Lipinski definition) is 8. The van der Waals surface area contributed by atoms with Gasteiger partial charge >= 0.3 is 5.97 Å². The first-order chi connectivity index (χ1) is 15.6. The van der Waals surface area contributed by atoms with Gasteiger partial charge in [-0.3, -0.25) is 19.2 Å². The second kappa shape index (κ2) is 14.4. The number of aromatic nitrogens is 2. The van der Waals surface area contributed by atoms with Crippen LogP contribution in [0.3, 0.4) is 0 Å². The Morgan fingerprint density at radius 2 is 1.73 bits per heavy atom. The Kier molecular flexibility index (Phi) is 12.3. The topological polar surface area (TPSA) is 222 Å². The number of nitrogens with zero attached hydrogens (tertiary/aromatic N) is 1. The minimum absolute atomic E-state index is 0.0206. The number of carboxylic acid groups (broad SMARTS) is 1. The molecule has 0 saturated carbocycles. The zero-order chi connectivity index (χ0) is 25.0. The van der Waals surface area contributed by atoms with E-state index in [1.165, 1.54) is 24.3 Å². The number of thiol groups is 1. The molecule has 15 heteroatoms. The third kappa shape index (κ3) is 10.1. The molecule has 0 aliphatic heterocycles. The minimum atomic E-state index is -1.45. The van der Waals surface area contributed by atoms with Gasteiger partial charge in [-0.1, -0.05) is 0 Å². The first-order valence-corrected chi connectivity index (χ1v) is 11.9. The molecule has 0 spiro atoms. The number of imidazole rings is 1. The van der Waals surface area contributed by atoms with Crippen LogP contribution < -0.4 is 27.4 Å². The third-order valence-corrected chi connectivity index (χ3v) is 5.45. The fourth-order valence-corrected chi connectivity index (χ4v) is 3.27. The molecule has 1 aromatic rings. The summed E-state index contributed by atoms with van der Waals surface area (Å²) in [5, 5.41) is 16.5. The van der Waals surface area contributed by atoms with Gasteiger partial charge in [-0.2, -0.15) is 24.4 Å². The van der Waals surface area contributed by atoms with Crippen molar-refractivity contribution >= 4 is 54.0 Å². The molecule has 0 aliphatic carbocycles. The van der Waals surface area contributed by atoms with Gasteiger partial charge in [0.25, 0.3) is 0 Å². The summed E-state index contributed by atoms with van der Waals surface area (Å²) in [4.78, 5) is 67.4. The lowest BCUT2D eigenvalue weighted by Crippen LogP contribution is -2.58. The molecule has 1 heterocycles. The summed E-state index contributed by atoms with van der Waals surface area (Å²) < 4.78 is 0. The van der Waals surface area contributed by atoms with E-state index < -0.39 is 60.2 Å². The highest BCUT2D eigenvalue weighted by molar-refractivity contribution is 7.98. The fraction of sp³-hybridized carbons (Fsp3) is 0.556. The van der Waals surface area contributed by atoms with Crippen molar-refractivity contribution < 1.29 is 29.1 Å². The van der Waals surface area contributed by atoms with Crippen LogP contribution in [0, 0.1) is 0 Å². The lowest BCUT2D eigenvalue weighted by Gasteiger charge is -2.24. The van der Waals surface area contributed by atoms with E-state index in [0.29, 0.717) is 11.4 Å². The number of hydrogen-bond acceptors (Lipinski definition) is 9. The van der Waals surface area contributed by atoms with E-state index in [1.54, 1.807) is 6.26 Å². The molecule has 33 heavy (non-hydrogen) atoms. The van der Waals surface area contributed by atoms with Crippen LogP contribution in [-0.2, 0) is 30.4 Å². The minimum Gasteiger partial charge on any atom is -0.480 e. The van der Waals surface area contributed by atoms with Crippen molar-refractivity contribution in [2.24, 2.45) is 11.5 Å². The zero-order valence-electron chi connectivity index (χ0n) is 17.9. The number of H-pyrrole nitrogens is 1. The van der Waals surface area contributed by atoms with Crippen LogP contribution in [0.15, 0.2) is 12.5 Å². The molecule has 1 rings (SSSR count). The SMILES string of the molecule is CSCCC(NC(=O)C(CC(N)=O)NC(=O)C(Cc1cnc[nH]1)NC(=O)C(N)CS)C(=O)O. The Balaban J connectivity index is 3.01. The Bertz CT molecular complexity index is 823. The molecule has 184 valence electrons. The van der Waals surface area contributed by atoms with Crippen molar-refractivity contribution in [2.75, 3.05) is 17.8 Å². The molecule has 0 radical (unpaired) electrons. The highest BCUT2D eigenvalue weighted by Crippen LogP contribution is 2.05. The fourth-order valence-electron chi connectivity index (χ4n) is 2.64. The van der Waals surface area contributed by atoms with Crippen LogP contribution in [0.4, 0.5) is 0 Å². The molecule has 4 amide bonds. The lowest BCUT2D eigenvalue weighted by molar-refractivity contribution is -0.142. The van der Waals surface area contributed by atoms with Crippen molar-refractivity contribution in [3.63, 3.8) is 0 Å². The van der Waals surface area contributed by atoms with E-state index in [4.69, 9.17) is 11.5 Å². The second-order valence-electron chi connectivity index (χ2n) is 7.04. The Morgan fingerprint density at radius 1 is 1.12 bits per heavy atom. The maximum atomic E-state index is 12.9. The van der Waals surface area contributed by atoms with Gasteiger partial charge in [-0.15, -0.1) is 0 Å². The van der Waals surface area contributed by atoms with Gasteiger partial charge in [0.05, 0.1) is 18.8 Å². The molecular formula is C18H29N7O6S2. The van der Waals surface area contributed by atoms with Crippen LogP contribution in [-0.4, -0.2) is 86.6 Å². The summed E-state index contributed by atoms with van der Waals surface area (Å²) in [6.45, 7) is 0. The predicted octanol–water partition coefficient (Wildman–Crippen LogP) is -2.62. The smallest absolute Gasteiger partial charge is 0.326 e. The maximum absolute atomic E-state index is 12.9. The van der Waals surface area contributed by atoms with Crippen molar-refractivity contribution in [3.05, 3.63) is 18.2 Å². The molecule has 0 bridgehead atoms. The molecule has 1 aromatic heterocycles. The van der Waals surface area contributed by atoms with E-state index >= 15 is 0 Å². The monoisotopic (exact) mass is 503 g/mol. The predicted molar refractivity (Wildman–Crippen MR) is 124 cm³/mol. The third-order valence-electron chi connectivity index (χ3n) is 4.41. The Morgan fingerprint density at radius 3 is 2.24 bits per heavy atom. The summed E-state index contributed by atoms with van der Waals surface area (Å²) >= 11 is 5.35. The molecule has 0 aliphatic rings.